The van der Waals surface area contributed by atoms with Gasteiger partial charge in [0.2, 0.25) is 0 Å². The van der Waals surface area contributed by atoms with E-state index in [9.17, 15) is 19.7 Å². The third-order valence-electron chi connectivity index (χ3n) is 4.53. The minimum absolute atomic E-state index is 0.0121. The van der Waals surface area contributed by atoms with Gasteiger partial charge in [-0.25, -0.2) is 0 Å². The summed E-state index contributed by atoms with van der Waals surface area (Å²) in [6.07, 6.45) is 1.54. The summed E-state index contributed by atoms with van der Waals surface area (Å²) >= 11 is 0.861. The van der Waals surface area contributed by atoms with Crippen LogP contribution in [0.25, 0.3) is 6.08 Å². The Labute approximate surface area is 155 Å². The van der Waals surface area contributed by atoms with Crippen LogP contribution in [0, 0.1) is 10.1 Å². The first-order valence-electron chi connectivity index (χ1n) is 8.38. The molecule has 2 aliphatic heterocycles. The number of benzene rings is 1. The fourth-order valence-electron chi connectivity index (χ4n) is 3.02. The first-order valence-corrected chi connectivity index (χ1v) is 9.19. The number of amides is 2. The van der Waals surface area contributed by atoms with Crippen molar-refractivity contribution in [1.29, 1.82) is 0 Å². The highest BCUT2D eigenvalue weighted by molar-refractivity contribution is 8.18. The van der Waals surface area contributed by atoms with Crippen LogP contribution in [0.3, 0.4) is 0 Å². The SMILES string of the molecule is CCN1C(=O)S/C(=C/c2ccc(N3CCN(C)CC3)c([N+](=O)[O-])c2)C1=O. The third-order valence-corrected chi connectivity index (χ3v) is 5.44. The van der Waals surface area contributed by atoms with Crippen molar-refractivity contribution in [3.63, 3.8) is 0 Å². The van der Waals surface area contributed by atoms with Crippen LogP contribution >= 0.6 is 11.8 Å². The van der Waals surface area contributed by atoms with E-state index in [0.717, 1.165) is 42.8 Å². The van der Waals surface area contributed by atoms with Gasteiger partial charge in [-0.1, -0.05) is 6.07 Å². The van der Waals surface area contributed by atoms with Crippen molar-refractivity contribution in [2.75, 3.05) is 44.7 Å². The van der Waals surface area contributed by atoms with Gasteiger partial charge in [0.15, 0.2) is 0 Å². The number of piperazine rings is 1. The molecule has 0 aromatic heterocycles. The number of carbonyl (C=O) groups excluding carboxylic acids is 2. The fraction of sp³-hybridized carbons (Fsp3) is 0.412. The van der Waals surface area contributed by atoms with Gasteiger partial charge in [-0.2, -0.15) is 0 Å². The zero-order chi connectivity index (χ0) is 18.8. The van der Waals surface area contributed by atoms with Crippen LogP contribution in [0.5, 0.6) is 0 Å². The Morgan fingerprint density at radius 2 is 1.92 bits per heavy atom. The predicted octanol–water partition coefficient (Wildman–Crippen LogP) is 2.40. The van der Waals surface area contributed by atoms with Crippen molar-refractivity contribution < 1.29 is 14.5 Å². The third kappa shape index (κ3) is 3.58. The monoisotopic (exact) mass is 376 g/mol. The Kier molecular flexibility index (Phi) is 5.28. The Morgan fingerprint density at radius 1 is 1.23 bits per heavy atom. The second-order valence-electron chi connectivity index (χ2n) is 6.22. The summed E-state index contributed by atoms with van der Waals surface area (Å²) in [5.41, 5.74) is 1.14. The van der Waals surface area contributed by atoms with Crippen LogP contribution in [0.4, 0.5) is 16.2 Å². The standard InChI is InChI=1S/C17H20N4O4S/c1-3-20-16(22)15(26-17(20)23)11-12-4-5-13(14(10-12)21(24)25)19-8-6-18(2)7-9-19/h4-5,10-11H,3,6-9H2,1-2H3/b15-11+. The van der Waals surface area contributed by atoms with Gasteiger partial charge in [-0.3, -0.25) is 24.6 Å². The summed E-state index contributed by atoms with van der Waals surface area (Å²) in [4.78, 5) is 40.8. The van der Waals surface area contributed by atoms with Gasteiger partial charge < -0.3 is 9.80 Å². The van der Waals surface area contributed by atoms with Gasteiger partial charge in [-0.15, -0.1) is 0 Å². The second kappa shape index (κ2) is 7.46. The molecule has 26 heavy (non-hydrogen) atoms. The van der Waals surface area contributed by atoms with Crippen molar-refractivity contribution in [1.82, 2.24) is 9.80 Å². The van der Waals surface area contributed by atoms with Crippen LogP contribution < -0.4 is 4.90 Å². The number of carbonyl (C=O) groups is 2. The summed E-state index contributed by atoms with van der Waals surface area (Å²) < 4.78 is 0. The average molecular weight is 376 g/mol. The number of nitro groups is 1. The number of nitro benzene ring substituents is 1. The molecule has 8 nitrogen and oxygen atoms in total. The molecule has 1 aromatic carbocycles. The van der Waals surface area contributed by atoms with Gasteiger partial charge in [-0.05, 0) is 43.4 Å². The lowest BCUT2D eigenvalue weighted by Gasteiger charge is -2.33. The topological polar surface area (TPSA) is 87.0 Å². The Hall–Kier alpha value is -2.39. The van der Waals surface area contributed by atoms with E-state index >= 15 is 0 Å². The molecule has 1 aromatic rings. The van der Waals surface area contributed by atoms with Crippen LogP contribution in [0.15, 0.2) is 23.1 Å². The van der Waals surface area contributed by atoms with Crippen molar-refractivity contribution in [2.24, 2.45) is 0 Å². The highest BCUT2D eigenvalue weighted by atomic mass is 32.2. The lowest BCUT2D eigenvalue weighted by Crippen LogP contribution is -2.44. The van der Waals surface area contributed by atoms with Gasteiger partial charge in [0.25, 0.3) is 16.8 Å². The van der Waals surface area contributed by atoms with Gasteiger partial charge in [0.05, 0.1) is 9.83 Å². The molecule has 2 saturated heterocycles. The quantitative estimate of drug-likeness (QED) is 0.453. The number of anilines is 1. The van der Waals surface area contributed by atoms with E-state index in [1.807, 2.05) is 11.9 Å². The van der Waals surface area contributed by atoms with Crippen LogP contribution in [-0.2, 0) is 4.79 Å². The molecule has 0 bridgehead atoms. The number of hydrogen-bond donors (Lipinski definition) is 0. The normalized spacial score (nSPS) is 20.3. The fourth-order valence-corrected chi connectivity index (χ4v) is 3.92. The molecule has 9 heteroatoms. The molecule has 2 amide bonds. The van der Waals surface area contributed by atoms with Gasteiger partial charge >= 0.3 is 0 Å². The minimum Gasteiger partial charge on any atom is -0.363 e. The van der Waals surface area contributed by atoms with Crippen molar-refractivity contribution >= 4 is 40.4 Å². The smallest absolute Gasteiger partial charge is 0.293 e. The summed E-state index contributed by atoms with van der Waals surface area (Å²) in [6.45, 7) is 5.20. The maximum absolute atomic E-state index is 12.2. The molecular formula is C17H20N4O4S. The van der Waals surface area contributed by atoms with Crippen molar-refractivity contribution in [3.05, 3.63) is 38.8 Å². The molecule has 138 valence electrons. The molecule has 0 saturated carbocycles. The predicted molar refractivity (Wildman–Crippen MR) is 101 cm³/mol. The Balaban J connectivity index is 1.90. The van der Waals surface area contributed by atoms with Crippen molar-refractivity contribution in [3.8, 4) is 0 Å². The van der Waals surface area contributed by atoms with Crippen LogP contribution in [-0.4, -0.2) is 65.6 Å². The lowest BCUT2D eigenvalue weighted by atomic mass is 10.1. The van der Waals surface area contributed by atoms with E-state index in [4.69, 9.17) is 0 Å². The van der Waals surface area contributed by atoms with Crippen LogP contribution in [0.2, 0.25) is 0 Å². The highest BCUT2D eigenvalue weighted by Crippen LogP contribution is 2.34. The Morgan fingerprint density at radius 3 is 2.50 bits per heavy atom. The number of hydrogen-bond acceptors (Lipinski definition) is 7. The number of imide groups is 1. The first-order chi connectivity index (χ1) is 12.4. The van der Waals surface area contributed by atoms with Crippen LogP contribution in [0.1, 0.15) is 12.5 Å². The second-order valence-corrected chi connectivity index (χ2v) is 7.21. The number of thioether (sulfide) groups is 1. The van der Waals surface area contributed by atoms with E-state index in [1.54, 1.807) is 25.1 Å². The molecule has 0 radical (unpaired) electrons. The van der Waals surface area contributed by atoms with E-state index < -0.39 is 4.92 Å². The summed E-state index contributed by atoms with van der Waals surface area (Å²) in [5, 5.41) is 11.2. The summed E-state index contributed by atoms with van der Waals surface area (Å²) in [6, 6.07) is 4.94. The molecule has 2 aliphatic rings. The lowest BCUT2D eigenvalue weighted by molar-refractivity contribution is -0.384. The van der Waals surface area contributed by atoms with Gasteiger partial charge in [0, 0.05) is 38.8 Å². The maximum Gasteiger partial charge on any atom is 0.293 e. The zero-order valence-corrected chi connectivity index (χ0v) is 15.5. The molecular weight excluding hydrogens is 356 g/mol. The number of likely N-dealkylation sites (N-methyl/N-ethyl adjacent to an activating group) is 2. The van der Waals surface area contributed by atoms with E-state index in [0.29, 0.717) is 22.7 Å². The largest absolute Gasteiger partial charge is 0.363 e. The maximum atomic E-state index is 12.2. The highest BCUT2D eigenvalue weighted by Gasteiger charge is 2.33. The molecule has 0 N–H and O–H groups in total. The number of nitrogens with zero attached hydrogens (tertiary/aromatic N) is 4. The molecule has 2 heterocycles. The van der Waals surface area contributed by atoms with Crippen molar-refractivity contribution in [2.45, 2.75) is 6.92 Å². The van der Waals surface area contributed by atoms with E-state index in [2.05, 4.69) is 4.90 Å². The first kappa shape index (κ1) is 18.4. The van der Waals surface area contributed by atoms with E-state index in [1.165, 1.54) is 6.07 Å². The average Bonchev–Trinajstić information content (AvgIpc) is 2.88. The van der Waals surface area contributed by atoms with E-state index in [-0.39, 0.29) is 16.8 Å². The minimum atomic E-state index is -0.400. The summed E-state index contributed by atoms with van der Waals surface area (Å²) in [5.74, 6) is -0.353. The number of rotatable bonds is 4. The molecule has 0 atom stereocenters. The molecule has 3 rings (SSSR count). The molecule has 0 aliphatic carbocycles. The van der Waals surface area contributed by atoms with Gasteiger partial charge in [0.1, 0.15) is 5.69 Å². The molecule has 0 unspecified atom stereocenters. The molecule has 0 spiro atoms. The summed E-state index contributed by atoms with van der Waals surface area (Å²) in [7, 11) is 2.03. The molecule has 2 fully saturated rings. The zero-order valence-electron chi connectivity index (χ0n) is 14.7. The Bertz CT molecular complexity index is 787.